The summed E-state index contributed by atoms with van der Waals surface area (Å²) in [7, 11) is 0. The van der Waals surface area contributed by atoms with E-state index in [1.165, 1.54) is 0 Å². The standard InChI is InChI=1S/C23H20ClN3O2/c1-16-10-11-27-14-20(25-22(27)12-16)13-23(28)26-19-6-8-21(9-7-19)29-15-17-2-4-18(24)5-3-17/h2-12,14H,13,15H2,1H3,(H,26,28). The number of carbonyl (C=O) groups excluding carboxylic acids is 1. The lowest BCUT2D eigenvalue weighted by atomic mass is 10.2. The molecular formula is C23H20ClN3O2. The van der Waals surface area contributed by atoms with Gasteiger partial charge in [-0.25, -0.2) is 4.98 Å². The van der Waals surface area contributed by atoms with Gasteiger partial charge in [-0.1, -0.05) is 23.7 Å². The van der Waals surface area contributed by atoms with E-state index in [9.17, 15) is 4.79 Å². The van der Waals surface area contributed by atoms with Gasteiger partial charge in [0, 0.05) is 23.1 Å². The number of pyridine rings is 1. The highest BCUT2D eigenvalue weighted by Crippen LogP contribution is 2.18. The van der Waals surface area contributed by atoms with Crippen molar-refractivity contribution in [1.82, 2.24) is 9.38 Å². The molecule has 4 rings (SSSR count). The fourth-order valence-electron chi connectivity index (χ4n) is 2.97. The normalized spacial score (nSPS) is 10.8. The van der Waals surface area contributed by atoms with Crippen molar-refractivity contribution in [1.29, 1.82) is 0 Å². The number of halogens is 1. The summed E-state index contributed by atoms with van der Waals surface area (Å²) in [5.74, 6) is 0.619. The highest BCUT2D eigenvalue weighted by Gasteiger charge is 2.08. The van der Waals surface area contributed by atoms with E-state index in [2.05, 4.69) is 10.3 Å². The molecule has 29 heavy (non-hydrogen) atoms. The van der Waals surface area contributed by atoms with Crippen molar-refractivity contribution < 1.29 is 9.53 Å². The first-order valence-electron chi connectivity index (χ1n) is 9.26. The van der Waals surface area contributed by atoms with Gasteiger partial charge in [-0.15, -0.1) is 0 Å². The van der Waals surface area contributed by atoms with E-state index in [-0.39, 0.29) is 12.3 Å². The number of hydrogen-bond donors (Lipinski definition) is 1. The fourth-order valence-corrected chi connectivity index (χ4v) is 3.10. The molecule has 0 aliphatic heterocycles. The molecule has 6 heteroatoms. The minimum Gasteiger partial charge on any atom is -0.489 e. The van der Waals surface area contributed by atoms with Crippen LogP contribution in [-0.2, 0) is 17.8 Å². The third kappa shape index (κ3) is 4.95. The topological polar surface area (TPSA) is 55.6 Å². The predicted octanol–water partition coefficient (Wildman–Crippen LogP) is 5.06. The largest absolute Gasteiger partial charge is 0.489 e. The number of rotatable bonds is 6. The molecule has 0 atom stereocenters. The van der Waals surface area contributed by atoms with E-state index >= 15 is 0 Å². The molecule has 4 aromatic rings. The summed E-state index contributed by atoms with van der Waals surface area (Å²) in [6.45, 7) is 2.47. The van der Waals surface area contributed by atoms with Crippen LogP contribution in [0.15, 0.2) is 73.1 Å². The minimum absolute atomic E-state index is 0.111. The first-order valence-corrected chi connectivity index (χ1v) is 9.64. The highest BCUT2D eigenvalue weighted by atomic mass is 35.5. The fraction of sp³-hybridized carbons (Fsp3) is 0.130. The summed E-state index contributed by atoms with van der Waals surface area (Å²) in [6, 6.07) is 18.8. The quantitative estimate of drug-likeness (QED) is 0.488. The van der Waals surface area contributed by atoms with Crippen LogP contribution < -0.4 is 10.1 Å². The molecule has 5 nitrogen and oxygen atoms in total. The van der Waals surface area contributed by atoms with E-state index in [0.717, 1.165) is 28.2 Å². The number of aryl methyl sites for hydroxylation is 1. The van der Waals surface area contributed by atoms with Crippen LogP contribution in [0.3, 0.4) is 0 Å². The molecule has 0 radical (unpaired) electrons. The molecule has 0 saturated carbocycles. The zero-order chi connectivity index (χ0) is 20.2. The van der Waals surface area contributed by atoms with Gasteiger partial charge in [0.15, 0.2) is 0 Å². The van der Waals surface area contributed by atoms with Gasteiger partial charge >= 0.3 is 0 Å². The number of amides is 1. The predicted molar refractivity (Wildman–Crippen MR) is 114 cm³/mol. The smallest absolute Gasteiger partial charge is 0.230 e. The first kappa shape index (κ1) is 19.0. The van der Waals surface area contributed by atoms with Gasteiger partial charge in [0.25, 0.3) is 0 Å². The van der Waals surface area contributed by atoms with Crippen molar-refractivity contribution in [3.63, 3.8) is 0 Å². The highest BCUT2D eigenvalue weighted by molar-refractivity contribution is 6.30. The molecule has 2 aromatic heterocycles. The van der Waals surface area contributed by atoms with Crippen LogP contribution in [-0.4, -0.2) is 15.3 Å². The molecule has 0 saturated heterocycles. The molecule has 2 aromatic carbocycles. The van der Waals surface area contributed by atoms with Gasteiger partial charge in [0.2, 0.25) is 5.91 Å². The maximum atomic E-state index is 12.3. The summed E-state index contributed by atoms with van der Waals surface area (Å²) in [4.78, 5) is 16.8. The summed E-state index contributed by atoms with van der Waals surface area (Å²) >= 11 is 5.89. The van der Waals surface area contributed by atoms with Crippen LogP contribution in [0.5, 0.6) is 5.75 Å². The SMILES string of the molecule is Cc1ccn2cc(CC(=O)Nc3ccc(OCc4ccc(Cl)cc4)cc3)nc2c1. The average molecular weight is 406 g/mol. The monoisotopic (exact) mass is 405 g/mol. The van der Waals surface area contributed by atoms with Crippen molar-refractivity contribution in [2.24, 2.45) is 0 Å². The molecule has 2 heterocycles. The minimum atomic E-state index is -0.111. The molecule has 0 aliphatic rings. The van der Waals surface area contributed by atoms with E-state index in [1.54, 1.807) is 0 Å². The van der Waals surface area contributed by atoms with Gasteiger partial charge < -0.3 is 14.5 Å². The zero-order valence-electron chi connectivity index (χ0n) is 15.9. The van der Waals surface area contributed by atoms with Gasteiger partial charge in [-0.2, -0.15) is 0 Å². The molecule has 0 spiro atoms. The van der Waals surface area contributed by atoms with Gasteiger partial charge in [-0.05, 0) is 66.6 Å². The number of nitrogens with one attached hydrogen (secondary N) is 1. The second kappa shape index (κ2) is 8.37. The average Bonchev–Trinajstić information content (AvgIpc) is 3.09. The Morgan fingerprint density at radius 3 is 2.62 bits per heavy atom. The molecule has 1 amide bonds. The van der Waals surface area contributed by atoms with E-state index in [1.807, 2.05) is 84.4 Å². The lowest BCUT2D eigenvalue weighted by molar-refractivity contribution is -0.115. The van der Waals surface area contributed by atoms with E-state index < -0.39 is 0 Å². The summed E-state index contributed by atoms with van der Waals surface area (Å²) in [5, 5.41) is 3.60. The number of fused-ring (bicyclic) bond motifs is 1. The number of hydrogen-bond acceptors (Lipinski definition) is 3. The summed E-state index contributed by atoms with van der Waals surface area (Å²) < 4.78 is 7.68. The van der Waals surface area contributed by atoms with Crippen LogP contribution in [0.4, 0.5) is 5.69 Å². The number of imidazole rings is 1. The maximum Gasteiger partial charge on any atom is 0.230 e. The first-order chi connectivity index (χ1) is 14.0. The van der Waals surface area contributed by atoms with Crippen molar-refractivity contribution in [2.75, 3.05) is 5.32 Å². The number of carbonyl (C=O) groups is 1. The Morgan fingerprint density at radius 2 is 1.86 bits per heavy atom. The number of benzene rings is 2. The molecule has 146 valence electrons. The van der Waals surface area contributed by atoms with Crippen LogP contribution in [0.25, 0.3) is 5.65 Å². The van der Waals surface area contributed by atoms with Gasteiger partial charge in [0.1, 0.15) is 18.0 Å². The molecule has 0 unspecified atom stereocenters. The molecule has 0 fully saturated rings. The van der Waals surface area contributed by atoms with Crippen LogP contribution in [0, 0.1) is 6.92 Å². The lowest BCUT2D eigenvalue weighted by Gasteiger charge is -2.08. The Kier molecular flexibility index (Phi) is 5.49. The Hall–Kier alpha value is -3.31. The third-order valence-corrected chi connectivity index (χ3v) is 4.72. The third-order valence-electron chi connectivity index (χ3n) is 4.46. The van der Waals surface area contributed by atoms with Gasteiger partial charge in [-0.3, -0.25) is 4.79 Å². The van der Waals surface area contributed by atoms with Crippen LogP contribution in [0.1, 0.15) is 16.8 Å². The second-order valence-electron chi connectivity index (χ2n) is 6.87. The van der Waals surface area contributed by atoms with Crippen molar-refractivity contribution in [3.05, 3.63) is 94.9 Å². The second-order valence-corrected chi connectivity index (χ2v) is 7.30. The Balaban J connectivity index is 1.32. The zero-order valence-corrected chi connectivity index (χ0v) is 16.7. The number of anilines is 1. The molecule has 0 aliphatic carbocycles. The van der Waals surface area contributed by atoms with E-state index in [4.69, 9.17) is 16.3 Å². The van der Waals surface area contributed by atoms with Crippen molar-refractivity contribution in [3.8, 4) is 5.75 Å². The van der Waals surface area contributed by atoms with Crippen LogP contribution in [0.2, 0.25) is 5.02 Å². The van der Waals surface area contributed by atoms with Crippen molar-refractivity contribution >= 4 is 28.8 Å². The Morgan fingerprint density at radius 1 is 1.10 bits per heavy atom. The lowest BCUT2D eigenvalue weighted by Crippen LogP contribution is -2.14. The van der Waals surface area contributed by atoms with Gasteiger partial charge in [0.05, 0.1) is 12.1 Å². The number of nitrogens with zero attached hydrogens (tertiary/aromatic N) is 2. The molecular weight excluding hydrogens is 386 g/mol. The summed E-state index contributed by atoms with van der Waals surface area (Å²) in [6.07, 6.45) is 4.04. The van der Waals surface area contributed by atoms with E-state index in [0.29, 0.717) is 17.3 Å². The molecule has 0 bridgehead atoms. The maximum absolute atomic E-state index is 12.3. The van der Waals surface area contributed by atoms with Crippen molar-refractivity contribution in [2.45, 2.75) is 20.0 Å². The number of aromatic nitrogens is 2. The Bertz CT molecular complexity index is 1140. The Labute approximate surface area is 173 Å². The molecule has 1 N–H and O–H groups in total. The summed E-state index contributed by atoms with van der Waals surface area (Å²) in [5.41, 5.74) is 4.46. The van der Waals surface area contributed by atoms with Crippen LogP contribution >= 0.6 is 11.6 Å². The number of ether oxygens (including phenoxy) is 1.